The molecule has 0 fully saturated rings. The summed E-state index contributed by atoms with van der Waals surface area (Å²) in [4.78, 5) is 0.480. The number of thioether (sulfide) groups is 1. The fourth-order valence-electron chi connectivity index (χ4n) is 2.23. The monoisotopic (exact) mass is 346 g/mol. The Balaban J connectivity index is 2.55. The van der Waals surface area contributed by atoms with Gasteiger partial charge in [-0.25, -0.2) is 17.6 Å². The van der Waals surface area contributed by atoms with Gasteiger partial charge in [-0.15, -0.1) is 11.8 Å². The van der Waals surface area contributed by atoms with Crippen LogP contribution in [0.3, 0.4) is 0 Å². The van der Waals surface area contributed by atoms with Gasteiger partial charge in [0, 0.05) is 28.7 Å². The van der Waals surface area contributed by atoms with Gasteiger partial charge in [0.25, 0.3) is 6.43 Å². The van der Waals surface area contributed by atoms with Crippen molar-refractivity contribution in [2.24, 2.45) is 0 Å². The first-order valence-electron chi connectivity index (χ1n) is 6.64. The van der Waals surface area contributed by atoms with E-state index in [1.807, 2.05) is 0 Å². The number of alkyl halides is 2. The molecule has 0 radical (unpaired) electrons. The van der Waals surface area contributed by atoms with Gasteiger partial charge in [-0.3, -0.25) is 0 Å². The van der Waals surface area contributed by atoms with Crippen LogP contribution in [0.5, 0.6) is 11.5 Å². The first-order valence-corrected chi connectivity index (χ1v) is 7.87. The van der Waals surface area contributed by atoms with E-state index >= 15 is 0 Å². The van der Waals surface area contributed by atoms with E-state index in [2.05, 4.69) is 0 Å². The third-order valence-electron chi connectivity index (χ3n) is 3.13. The number of aliphatic hydroxyl groups excluding tert-OH is 1. The maximum atomic E-state index is 13.5. The normalized spacial score (nSPS) is 12.5. The van der Waals surface area contributed by atoms with E-state index in [4.69, 9.17) is 4.74 Å². The SMILES string of the molecule is CSc1ccc(Oc2cc(F)cc(F)c2)c(C(F)F)c1C(C)O. The predicted octanol–water partition coefficient (Wildman–Crippen LogP) is 5.47. The van der Waals surface area contributed by atoms with E-state index in [1.54, 1.807) is 6.26 Å². The second-order valence-electron chi connectivity index (χ2n) is 4.78. The van der Waals surface area contributed by atoms with E-state index in [-0.39, 0.29) is 17.1 Å². The Hall–Kier alpha value is -1.73. The predicted molar refractivity (Wildman–Crippen MR) is 80.2 cm³/mol. The van der Waals surface area contributed by atoms with Crippen molar-refractivity contribution in [3.8, 4) is 11.5 Å². The van der Waals surface area contributed by atoms with Crippen molar-refractivity contribution in [3.63, 3.8) is 0 Å². The van der Waals surface area contributed by atoms with Crippen LogP contribution >= 0.6 is 11.8 Å². The molecule has 0 saturated heterocycles. The number of aliphatic hydroxyl groups is 1. The van der Waals surface area contributed by atoms with Gasteiger partial charge in [-0.1, -0.05) is 0 Å². The van der Waals surface area contributed by atoms with Crippen molar-refractivity contribution < 1.29 is 27.4 Å². The Morgan fingerprint density at radius 1 is 1.04 bits per heavy atom. The highest BCUT2D eigenvalue weighted by Crippen LogP contribution is 2.42. The van der Waals surface area contributed by atoms with Gasteiger partial charge in [-0.2, -0.15) is 0 Å². The minimum absolute atomic E-state index is 0.0434. The zero-order chi connectivity index (χ0) is 17.1. The standard InChI is InChI=1S/C16H14F4O2S/c1-8(21)14-13(23-2)4-3-12(15(14)16(19)20)22-11-6-9(17)5-10(18)7-11/h3-8,16,21H,1-2H3. The van der Waals surface area contributed by atoms with Gasteiger partial charge in [0.15, 0.2) is 0 Å². The van der Waals surface area contributed by atoms with Crippen LogP contribution in [-0.4, -0.2) is 11.4 Å². The number of hydrogen-bond acceptors (Lipinski definition) is 3. The average molecular weight is 346 g/mol. The van der Waals surface area contributed by atoms with Crippen LogP contribution < -0.4 is 4.74 Å². The average Bonchev–Trinajstić information content (AvgIpc) is 2.45. The molecule has 2 aromatic carbocycles. The van der Waals surface area contributed by atoms with Gasteiger partial charge < -0.3 is 9.84 Å². The van der Waals surface area contributed by atoms with Gasteiger partial charge in [0.2, 0.25) is 0 Å². The lowest BCUT2D eigenvalue weighted by molar-refractivity contribution is 0.136. The minimum Gasteiger partial charge on any atom is -0.457 e. The summed E-state index contributed by atoms with van der Waals surface area (Å²) in [6, 6.07) is 5.25. The van der Waals surface area contributed by atoms with E-state index in [1.165, 1.54) is 30.8 Å². The molecule has 0 spiro atoms. The summed E-state index contributed by atoms with van der Waals surface area (Å²) >= 11 is 1.21. The van der Waals surface area contributed by atoms with Crippen LogP contribution in [0, 0.1) is 11.6 Å². The molecule has 124 valence electrons. The molecule has 1 unspecified atom stereocenters. The highest BCUT2D eigenvalue weighted by atomic mass is 32.2. The molecule has 0 amide bonds. The lowest BCUT2D eigenvalue weighted by Gasteiger charge is -2.19. The fourth-order valence-corrected chi connectivity index (χ4v) is 2.94. The number of hydrogen-bond donors (Lipinski definition) is 1. The van der Waals surface area contributed by atoms with E-state index in [9.17, 15) is 22.7 Å². The Morgan fingerprint density at radius 2 is 1.65 bits per heavy atom. The van der Waals surface area contributed by atoms with Crippen LogP contribution in [0.25, 0.3) is 0 Å². The summed E-state index contributed by atoms with van der Waals surface area (Å²) in [7, 11) is 0. The van der Waals surface area contributed by atoms with Crippen molar-refractivity contribution in [2.45, 2.75) is 24.3 Å². The maximum Gasteiger partial charge on any atom is 0.267 e. The van der Waals surface area contributed by atoms with Crippen molar-refractivity contribution in [3.05, 3.63) is 53.1 Å². The van der Waals surface area contributed by atoms with Crippen molar-refractivity contribution in [1.82, 2.24) is 0 Å². The van der Waals surface area contributed by atoms with E-state index in [0.717, 1.165) is 12.1 Å². The first kappa shape index (κ1) is 17.6. The summed E-state index contributed by atoms with van der Waals surface area (Å²) < 4.78 is 58.6. The maximum absolute atomic E-state index is 13.5. The van der Waals surface area contributed by atoms with Gasteiger partial charge >= 0.3 is 0 Å². The number of ether oxygens (including phenoxy) is 1. The second-order valence-corrected chi connectivity index (χ2v) is 5.63. The molecule has 2 rings (SSSR count). The zero-order valence-electron chi connectivity index (χ0n) is 12.3. The summed E-state index contributed by atoms with van der Waals surface area (Å²) in [5, 5.41) is 9.82. The van der Waals surface area contributed by atoms with Crippen molar-refractivity contribution >= 4 is 11.8 Å². The zero-order valence-corrected chi connectivity index (χ0v) is 13.1. The van der Waals surface area contributed by atoms with Crippen LogP contribution in [-0.2, 0) is 0 Å². The Bertz CT molecular complexity index is 684. The molecule has 1 atom stereocenters. The molecular formula is C16H14F4O2S. The molecule has 2 aromatic rings. The fraction of sp³-hybridized carbons (Fsp3) is 0.250. The minimum atomic E-state index is -2.92. The Kier molecular flexibility index (Phi) is 5.54. The van der Waals surface area contributed by atoms with Gasteiger partial charge in [-0.05, 0) is 25.3 Å². The third kappa shape index (κ3) is 3.97. The molecule has 2 nitrogen and oxygen atoms in total. The van der Waals surface area contributed by atoms with Gasteiger partial charge in [0.05, 0.1) is 11.7 Å². The lowest BCUT2D eigenvalue weighted by Crippen LogP contribution is -2.04. The molecule has 0 aliphatic rings. The van der Waals surface area contributed by atoms with Crippen molar-refractivity contribution in [2.75, 3.05) is 6.26 Å². The molecule has 1 N–H and O–H groups in total. The van der Waals surface area contributed by atoms with E-state index < -0.39 is 29.7 Å². The van der Waals surface area contributed by atoms with Crippen LogP contribution in [0.15, 0.2) is 35.2 Å². The molecule has 0 saturated carbocycles. The number of halogens is 4. The molecule has 0 aromatic heterocycles. The summed E-state index contributed by atoms with van der Waals surface area (Å²) in [6.45, 7) is 1.37. The lowest BCUT2D eigenvalue weighted by atomic mass is 10.0. The number of rotatable bonds is 5. The Labute approximate surface area is 135 Å². The quantitative estimate of drug-likeness (QED) is 0.575. The topological polar surface area (TPSA) is 29.5 Å². The Morgan fingerprint density at radius 3 is 2.13 bits per heavy atom. The highest BCUT2D eigenvalue weighted by Gasteiger charge is 2.25. The van der Waals surface area contributed by atoms with Crippen LogP contribution in [0.1, 0.15) is 30.6 Å². The summed E-state index contributed by atoms with van der Waals surface area (Å²) in [6.07, 6.45) is -2.37. The summed E-state index contributed by atoms with van der Waals surface area (Å²) in [5.74, 6) is -2.25. The second kappa shape index (κ2) is 7.23. The molecule has 0 bridgehead atoms. The third-order valence-corrected chi connectivity index (χ3v) is 3.92. The molecular weight excluding hydrogens is 332 g/mol. The number of benzene rings is 2. The molecule has 0 aliphatic carbocycles. The summed E-state index contributed by atoms with van der Waals surface area (Å²) in [5.41, 5.74) is -0.446. The molecule has 7 heteroatoms. The largest absolute Gasteiger partial charge is 0.457 e. The van der Waals surface area contributed by atoms with Crippen LogP contribution in [0.2, 0.25) is 0 Å². The smallest absolute Gasteiger partial charge is 0.267 e. The first-order chi connectivity index (χ1) is 10.8. The highest BCUT2D eigenvalue weighted by molar-refractivity contribution is 7.98. The molecule has 23 heavy (non-hydrogen) atoms. The van der Waals surface area contributed by atoms with Crippen LogP contribution in [0.4, 0.5) is 17.6 Å². The van der Waals surface area contributed by atoms with Crippen molar-refractivity contribution in [1.29, 1.82) is 0 Å². The van der Waals surface area contributed by atoms with E-state index in [0.29, 0.717) is 11.0 Å². The van der Waals surface area contributed by atoms with Gasteiger partial charge in [0.1, 0.15) is 23.1 Å². The molecule has 0 heterocycles. The molecule has 0 aliphatic heterocycles.